The van der Waals surface area contributed by atoms with E-state index in [0.717, 1.165) is 12.0 Å². The number of benzene rings is 1. The third kappa shape index (κ3) is 1.93. The third-order valence-corrected chi connectivity index (χ3v) is 2.24. The number of rotatable bonds is 0. The van der Waals surface area contributed by atoms with Crippen LogP contribution < -0.4 is 0 Å². The molecule has 0 saturated carbocycles. The first-order valence-corrected chi connectivity index (χ1v) is 4.72. The van der Waals surface area contributed by atoms with Crippen LogP contribution in [0.4, 0.5) is 0 Å². The number of hydrogen-bond donors (Lipinski definition) is 0. The van der Waals surface area contributed by atoms with E-state index in [4.69, 9.17) is 0 Å². The molecule has 0 spiro atoms. The van der Waals surface area contributed by atoms with Gasteiger partial charge in [-0.1, -0.05) is 43.0 Å². The van der Waals surface area contributed by atoms with Crippen LogP contribution in [0.25, 0.3) is 6.08 Å². The molecule has 0 amide bonds. The van der Waals surface area contributed by atoms with Gasteiger partial charge >= 0.3 is 0 Å². The highest BCUT2D eigenvalue weighted by Crippen LogP contribution is 2.14. The Balaban J connectivity index is 2.50. The molecule has 0 radical (unpaired) electrons. The zero-order valence-corrected chi connectivity index (χ0v) is 8.03. The van der Waals surface area contributed by atoms with Crippen LogP contribution in [0.3, 0.4) is 0 Å². The summed E-state index contributed by atoms with van der Waals surface area (Å²) in [7, 11) is 0. The Labute approximate surface area is 84.6 Å². The van der Waals surface area contributed by atoms with Crippen molar-refractivity contribution in [2.45, 2.75) is 6.42 Å². The summed E-state index contributed by atoms with van der Waals surface area (Å²) in [6, 6.07) is 8.39. The zero-order chi connectivity index (χ0) is 9.80. The summed E-state index contributed by atoms with van der Waals surface area (Å²) >= 11 is 0. The van der Waals surface area contributed by atoms with Crippen molar-refractivity contribution in [2.75, 3.05) is 0 Å². The minimum Gasteiger partial charge on any atom is -0.124 e. The minimum absolute atomic E-state index is 0.935. The second-order valence-corrected chi connectivity index (χ2v) is 3.33. The van der Waals surface area contributed by atoms with Crippen LogP contribution in [-0.2, 0) is 6.42 Å². The first kappa shape index (κ1) is 8.80. The van der Waals surface area contributed by atoms with Gasteiger partial charge in [0.05, 0.1) is 0 Å². The highest BCUT2D eigenvalue weighted by molar-refractivity contribution is 5.58. The maximum atomic E-state index is 3.91. The quantitative estimate of drug-likeness (QED) is 0.536. The predicted octanol–water partition coefficient (Wildman–Crippen LogP) is 3.52. The molecule has 0 fully saturated rings. The first-order valence-electron chi connectivity index (χ1n) is 4.72. The van der Waals surface area contributed by atoms with E-state index in [1.165, 1.54) is 11.1 Å². The summed E-state index contributed by atoms with van der Waals surface area (Å²) in [6.07, 6.45) is 9.00. The Morgan fingerprint density at radius 3 is 2.93 bits per heavy atom. The van der Waals surface area contributed by atoms with Crippen LogP contribution in [0.1, 0.15) is 11.1 Å². The van der Waals surface area contributed by atoms with Crippen molar-refractivity contribution >= 4 is 6.08 Å². The standard InChI is InChI=1S/C14H12/c1-12-6-2-3-7-13-8-4-5-9-14(13)11-10-12/h3-6,8-11H,1,7H2. The van der Waals surface area contributed by atoms with Crippen molar-refractivity contribution in [3.05, 3.63) is 71.5 Å². The topological polar surface area (TPSA) is 0 Å². The van der Waals surface area contributed by atoms with Crippen LogP contribution in [0.5, 0.6) is 0 Å². The summed E-state index contributed by atoms with van der Waals surface area (Å²) in [5.74, 6) is 0. The molecule has 0 atom stereocenters. The third-order valence-electron chi connectivity index (χ3n) is 2.24. The van der Waals surface area contributed by atoms with Crippen molar-refractivity contribution in [2.24, 2.45) is 0 Å². The van der Waals surface area contributed by atoms with Gasteiger partial charge in [-0.05, 0) is 35.3 Å². The largest absolute Gasteiger partial charge is 0.124 e. The molecule has 0 N–H and O–H groups in total. The van der Waals surface area contributed by atoms with Crippen LogP contribution in [0.2, 0.25) is 0 Å². The Morgan fingerprint density at radius 2 is 2.00 bits per heavy atom. The number of fused-ring (bicyclic) bond motifs is 1. The predicted molar refractivity (Wildman–Crippen MR) is 61.0 cm³/mol. The van der Waals surface area contributed by atoms with E-state index < -0.39 is 0 Å². The summed E-state index contributed by atoms with van der Waals surface area (Å²) in [5.41, 5.74) is 6.70. The highest BCUT2D eigenvalue weighted by atomic mass is 14.0. The molecule has 0 unspecified atom stereocenters. The average Bonchev–Trinajstić information content (AvgIpc) is 2.30. The van der Waals surface area contributed by atoms with Gasteiger partial charge in [-0.2, -0.15) is 0 Å². The molecule has 0 heterocycles. The minimum atomic E-state index is 0.935. The van der Waals surface area contributed by atoms with Crippen LogP contribution in [-0.4, -0.2) is 0 Å². The van der Waals surface area contributed by atoms with Gasteiger partial charge < -0.3 is 0 Å². The lowest BCUT2D eigenvalue weighted by Crippen LogP contribution is -1.84. The lowest BCUT2D eigenvalue weighted by Gasteiger charge is -2.01. The summed E-state index contributed by atoms with van der Waals surface area (Å²) in [4.78, 5) is 0. The smallest absolute Gasteiger partial charge is 0.00153 e. The molecule has 68 valence electrons. The van der Waals surface area contributed by atoms with Gasteiger partial charge in [-0.25, -0.2) is 0 Å². The number of allylic oxidation sites excluding steroid dienone is 3. The van der Waals surface area contributed by atoms with Gasteiger partial charge in [0.15, 0.2) is 0 Å². The molecule has 0 bridgehead atoms. The van der Waals surface area contributed by atoms with E-state index in [1.54, 1.807) is 0 Å². The maximum Gasteiger partial charge on any atom is -0.00153 e. The molecule has 0 aromatic heterocycles. The van der Waals surface area contributed by atoms with Crippen molar-refractivity contribution in [1.82, 2.24) is 0 Å². The maximum absolute atomic E-state index is 3.91. The van der Waals surface area contributed by atoms with Crippen molar-refractivity contribution in [1.29, 1.82) is 0 Å². The lowest BCUT2D eigenvalue weighted by atomic mass is 10.0. The van der Waals surface area contributed by atoms with E-state index in [9.17, 15) is 0 Å². The Morgan fingerprint density at radius 1 is 1.14 bits per heavy atom. The van der Waals surface area contributed by atoms with Gasteiger partial charge in [0.25, 0.3) is 0 Å². The van der Waals surface area contributed by atoms with Crippen LogP contribution in [0.15, 0.2) is 60.4 Å². The Bertz CT molecular complexity index is 441. The molecule has 0 nitrogen and oxygen atoms in total. The second-order valence-electron chi connectivity index (χ2n) is 3.33. The van der Waals surface area contributed by atoms with E-state index in [1.807, 2.05) is 18.2 Å². The molecule has 0 heteroatoms. The molecule has 0 aliphatic heterocycles. The summed E-state index contributed by atoms with van der Waals surface area (Å²) < 4.78 is 0. The Kier molecular flexibility index (Phi) is 2.48. The van der Waals surface area contributed by atoms with Gasteiger partial charge in [-0.15, -0.1) is 5.73 Å². The van der Waals surface area contributed by atoms with Crippen molar-refractivity contribution in [3.63, 3.8) is 0 Å². The molecule has 2 rings (SSSR count). The fourth-order valence-electron chi connectivity index (χ4n) is 1.46. The van der Waals surface area contributed by atoms with E-state index >= 15 is 0 Å². The monoisotopic (exact) mass is 180 g/mol. The molecule has 0 saturated heterocycles. The molecule has 14 heavy (non-hydrogen) atoms. The molecule has 1 aromatic rings. The van der Waals surface area contributed by atoms with Crippen molar-refractivity contribution < 1.29 is 0 Å². The molecular weight excluding hydrogens is 168 g/mol. The molecule has 1 aliphatic rings. The summed E-state index contributed by atoms with van der Waals surface area (Å²) in [5, 5.41) is 0. The average molecular weight is 180 g/mol. The normalized spacial score (nSPS) is 14.4. The summed E-state index contributed by atoms with van der Waals surface area (Å²) in [6.45, 7) is 3.91. The fraction of sp³-hybridized carbons (Fsp3) is 0.0714. The van der Waals surface area contributed by atoms with E-state index in [-0.39, 0.29) is 0 Å². The first-order chi connectivity index (χ1) is 6.86. The van der Waals surface area contributed by atoms with Gasteiger partial charge in [0, 0.05) is 0 Å². The lowest BCUT2D eigenvalue weighted by molar-refractivity contribution is 1.26. The van der Waals surface area contributed by atoms with E-state index in [2.05, 4.69) is 42.7 Å². The van der Waals surface area contributed by atoms with Gasteiger partial charge in [-0.3, -0.25) is 0 Å². The molecule has 1 aliphatic carbocycles. The van der Waals surface area contributed by atoms with Crippen LogP contribution in [0, 0.1) is 0 Å². The van der Waals surface area contributed by atoms with Crippen molar-refractivity contribution in [3.8, 4) is 0 Å². The highest BCUT2D eigenvalue weighted by Gasteiger charge is 1.96. The van der Waals surface area contributed by atoms with Gasteiger partial charge in [0.2, 0.25) is 0 Å². The van der Waals surface area contributed by atoms with Gasteiger partial charge in [0.1, 0.15) is 0 Å². The SMILES string of the molecule is C=C1C=C=CCc2ccccc2C=C1. The Hall–Kier alpha value is -1.78. The molecule has 1 aromatic carbocycles. The van der Waals surface area contributed by atoms with E-state index in [0.29, 0.717) is 0 Å². The van der Waals surface area contributed by atoms with Crippen LogP contribution >= 0.6 is 0 Å². The number of hydrogen-bond acceptors (Lipinski definition) is 0. The zero-order valence-electron chi connectivity index (χ0n) is 8.03. The second kappa shape index (κ2) is 3.95. The molecular formula is C14H12. The fourth-order valence-corrected chi connectivity index (χ4v) is 1.46.